The molecule has 1 saturated heterocycles. The molecule has 0 radical (unpaired) electrons. The monoisotopic (exact) mass is 294 g/mol. The molecule has 0 bridgehead atoms. The normalized spacial score (nSPS) is 15.5. The van der Waals surface area contributed by atoms with Crippen LogP contribution in [0.2, 0.25) is 0 Å². The second-order valence-corrected chi connectivity index (χ2v) is 5.77. The molecule has 3 aromatic rings. The maximum atomic E-state index is 4.46. The summed E-state index contributed by atoms with van der Waals surface area (Å²) in [6.07, 6.45) is 5.38. The minimum absolute atomic E-state index is 0.546. The summed E-state index contributed by atoms with van der Waals surface area (Å²) < 4.78 is 1.91. The standard InChI is InChI=1S/C16H18N6/c1-20(9-13-5-3-2-4-6-13)14-10-22(11-14)15-16-19-18-12-21(16)8-7-17-15/h2-8,12,14H,9-11H2,1H3. The van der Waals surface area contributed by atoms with E-state index in [9.17, 15) is 0 Å². The highest BCUT2D eigenvalue weighted by Crippen LogP contribution is 2.24. The van der Waals surface area contributed by atoms with Crippen LogP contribution >= 0.6 is 0 Å². The molecule has 3 heterocycles. The Kier molecular flexibility index (Phi) is 3.23. The van der Waals surface area contributed by atoms with Crippen LogP contribution in [0.5, 0.6) is 0 Å². The first-order valence-electron chi connectivity index (χ1n) is 7.45. The zero-order valence-corrected chi connectivity index (χ0v) is 12.5. The molecule has 2 aromatic heterocycles. The lowest BCUT2D eigenvalue weighted by molar-refractivity contribution is 0.197. The van der Waals surface area contributed by atoms with E-state index in [-0.39, 0.29) is 0 Å². The highest BCUT2D eigenvalue weighted by Gasteiger charge is 2.32. The first-order valence-corrected chi connectivity index (χ1v) is 7.45. The van der Waals surface area contributed by atoms with Gasteiger partial charge in [-0.3, -0.25) is 9.30 Å². The highest BCUT2D eigenvalue weighted by molar-refractivity contribution is 5.64. The quantitative estimate of drug-likeness (QED) is 0.729. The Hall–Kier alpha value is -2.47. The lowest BCUT2D eigenvalue weighted by Crippen LogP contribution is -2.58. The third kappa shape index (κ3) is 2.31. The van der Waals surface area contributed by atoms with Crippen molar-refractivity contribution in [3.05, 3.63) is 54.6 Å². The van der Waals surface area contributed by atoms with E-state index in [4.69, 9.17) is 0 Å². The van der Waals surface area contributed by atoms with Crippen LogP contribution in [-0.2, 0) is 6.54 Å². The molecule has 4 rings (SSSR count). The van der Waals surface area contributed by atoms with E-state index in [0.717, 1.165) is 31.1 Å². The van der Waals surface area contributed by atoms with Gasteiger partial charge in [0.25, 0.3) is 0 Å². The molecule has 0 aliphatic carbocycles. The van der Waals surface area contributed by atoms with Crippen LogP contribution in [0, 0.1) is 0 Å². The maximum Gasteiger partial charge on any atom is 0.203 e. The van der Waals surface area contributed by atoms with Crippen LogP contribution in [0.15, 0.2) is 49.1 Å². The molecule has 6 heteroatoms. The second-order valence-electron chi connectivity index (χ2n) is 5.77. The Morgan fingerprint density at radius 1 is 1.23 bits per heavy atom. The largest absolute Gasteiger partial charge is 0.350 e. The zero-order chi connectivity index (χ0) is 14.9. The molecule has 0 N–H and O–H groups in total. The van der Waals surface area contributed by atoms with Gasteiger partial charge in [0.2, 0.25) is 5.65 Å². The number of anilines is 1. The number of benzene rings is 1. The number of nitrogens with zero attached hydrogens (tertiary/aromatic N) is 6. The van der Waals surface area contributed by atoms with Crippen LogP contribution in [0.1, 0.15) is 5.56 Å². The Morgan fingerprint density at radius 3 is 2.86 bits per heavy atom. The fraction of sp³-hybridized carbons (Fsp3) is 0.312. The first kappa shape index (κ1) is 13.2. The zero-order valence-electron chi connectivity index (χ0n) is 12.5. The number of hydrogen-bond acceptors (Lipinski definition) is 5. The molecule has 0 spiro atoms. The van der Waals surface area contributed by atoms with Crippen molar-refractivity contribution in [2.45, 2.75) is 12.6 Å². The fourth-order valence-electron chi connectivity index (χ4n) is 2.88. The first-order chi connectivity index (χ1) is 10.8. The van der Waals surface area contributed by atoms with Crippen LogP contribution in [0.3, 0.4) is 0 Å². The van der Waals surface area contributed by atoms with Crippen molar-refractivity contribution in [2.75, 3.05) is 25.0 Å². The number of fused-ring (bicyclic) bond motifs is 1. The summed E-state index contributed by atoms with van der Waals surface area (Å²) in [5, 5.41) is 8.10. The van der Waals surface area contributed by atoms with Crippen molar-refractivity contribution in [1.82, 2.24) is 24.5 Å². The average molecular weight is 294 g/mol. The Bertz CT molecular complexity index is 762. The van der Waals surface area contributed by atoms with Crippen LogP contribution in [0.25, 0.3) is 5.65 Å². The number of likely N-dealkylation sites (N-methyl/N-ethyl adjacent to an activating group) is 1. The summed E-state index contributed by atoms with van der Waals surface area (Å²) in [4.78, 5) is 9.12. The van der Waals surface area contributed by atoms with Gasteiger partial charge in [-0.05, 0) is 12.6 Å². The smallest absolute Gasteiger partial charge is 0.203 e. The molecule has 0 atom stereocenters. The number of hydrogen-bond donors (Lipinski definition) is 0. The van der Waals surface area contributed by atoms with Crippen LogP contribution in [-0.4, -0.2) is 50.7 Å². The number of rotatable bonds is 4. The van der Waals surface area contributed by atoms with Gasteiger partial charge in [-0.15, -0.1) is 10.2 Å². The molecule has 22 heavy (non-hydrogen) atoms. The fourth-order valence-corrected chi connectivity index (χ4v) is 2.88. The Labute approximate surface area is 129 Å². The summed E-state index contributed by atoms with van der Waals surface area (Å²) >= 11 is 0. The van der Waals surface area contributed by atoms with Crippen molar-refractivity contribution in [3.63, 3.8) is 0 Å². The SMILES string of the molecule is CN(Cc1ccccc1)C1CN(c2nccn3cnnc23)C1. The van der Waals surface area contributed by atoms with E-state index in [1.165, 1.54) is 5.56 Å². The van der Waals surface area contributed by atoms with Crippen molar-refractivity contribution in [3.8, 4) is 0 Å². The molecule has 6 nitrogen and oxygen atoms in total. The van der Waals surface area contributed by atoms with Gasteiger partial charge in [-0.25, -0.2) is 4.98 Å². The second kappa shape index (κ2) is 5.38. The summed E-state index contributed by atoms with van der Waals surface area (Å²) in [7, 11) is 2.18. The van der Waals surface area contributed by atoms with Gasteiger partial charge in [0.15, 0.2) is 5.82 Å². The molecule has 112 valence electrons. The maximum absolute atomic E-state index is 4.46. The van der Waals surface area contributed by atoms with Crippen LogP contribution in [0.4, 0.5) is 5.82 Å². The minimum Gasteiger partial charge on any atom is -0.350 e. The van der Waals surface area contributed by atoms with Gasteiger partial charge < -0.3 is 4.90 Å². The van der Waals surface area contributed by atoms with Gasteiger partial charge in [0.05, 0.1) is 0 Å². The van der Waals surface area contributed by atoms with E-state index in [0.29, 0.717) is 6.04 Å². The molecule has 0 saturated carbocycles. The molecular weight excluding hydrogens is 276 g/mol. The summed E-state index contributed by atoms with van der Waals surface area (Å²) in [5.74, 6) is 0.921. The van der Waals surface area contributed by atoms with Crippen molar-refractivity contribution >= 4 is 11.5 Å². The molecule has 1 aromatic carbocycles. The summed E-state index contributed by atoms with van der Waals surface area (Å²) in [6, 6.07) is 11.1. The van der Waals surface area contributed by atoms with Crippen molar-refractivity contribution < 1.29 is 0 Å². The molecular formula is C16H18N6. The van der Waals surface area contributed by atoms with Crippen molar-refractivity contribution in [1.29, 1.82) is 0 Å². The Morgan fingerprint density at radius 2 is 2.05 bits per heavy atom. The average Bonchev–Trinajstić information content (AvgIpc) is 2.96. The predicted octanol–water partition coefficient (Wildman–Crippen LogP) is 1.44. The third-order valence-electron chi connectivity index (χ3n) is 4.26. The van der Waals surface area contributed by atoms with E-state index >= 15 is 0 Å². The van der Waals surface area contributed by atoms with Gasteiger partial charge in [0, 0.05) is 38.1 Å². The highest BCUT2D eigenvalue weighted by atomic mass is 15.4. The molecule has 0 amide bonds. The lowest BCUT2D eigenvalue weighted by atomic mass is 10.1. The summed E-state index contributed by atoms with van der Waals surface area (Å²) in [5.41, 5.74) is 2.17. The third-order valence-corrected chi connectivity index (χ3v) is 4.26. The topological polar surface area (TPSA) is 49.6 Å². The predicted molar refractivity (Wildman–Crippen MR) is 84.7 cm³/mol. The van der Waals surface area contributed by atoms with Gasteiger partial charge >= 0.3 is 0 Å². The minimum atomic E-state index is 0.546. The lowest BCUT2D eigenvalue weighted by Gasteiger charge is -2.44. The molecule has 0 unspecified atom stereocenters. The van der Waals surface area contributed by atoms with Gasteiger partial charge in [-0.1, -0.05) is 30.3 Å². The van der Waals surface area contributed by atoms with E-state index in [1.807, 2.05) is 10.6 Å². The van der Waals surface area contributed by atoms with E-state index in [1.54, 1.807) is 12.5 Å². The summed E-state index contributed by atoms with van der Waals surface area (Å²) in [6.45, 7) is 2.92. The van der Waals surface area contributed by atoms with Gasteiger partial charge in [-0.2, -0.15) is 0 Å². The van der Waals surface area contributed by atoms with E-state index in [2.05, 4.69) is 62.4 Å². The Balaban J connectivity index is 1.42. The van der Waals surface area contributed by atoms with E-state index < -0.39 is 0 Å². The molecule has 1 fully saturated rings. The van der Waals surface area contributed by atoms with Crippen molar-refractivity contribution in [2.24, 2.45) is 0 Å². The number of aromatic nitrogens is 4. The molecule has 1 aliphatic rings. The molecule has 1 aliphatic heterocycles. The van der Waals surface area contributed by atoms with Crippen LogP contribution < -0.4 is 4.90 Å². The van der Waals surface area contributed by atoms with Gasteiger partial charge in [0.1, 0.15) is 6.33 Å².